The van der Waals surface area contributed by atoms with Crippen molar-refractivity contribution >= 4 is 5.97 Å². The van der Waals surface area contributed by atoms with Crippen molar-refractivity contribution in [1.82, 2.24) is 0 Å². The Kier molecular flexibility index (Phi) is 2.86. The number of aromatic hydroxyl groups is 1. The lowest BCUT2D eigenvalue weighted by molar-refractivity contribution is -0.145. The molecule has 0 fully saturated rings. The van der Waals surface area contributed by atoms with E-state index in [1.165, 1.54) is 12.7 Å². The summed E-state index contributed by atoms with van der Waals surface area (Å²) in [5.74, 6) is 0.117. The number of phenols is 1. The van der Waals surface area contributed by atoms with Crippen molar-refractivity contribution in [2.75, 3.05) is 7.11 Å². The SMILES string of the molecule is COC(=O)[C@H](C)C1CCc2ccc(O)cc21. The Morgan fingerprint density at radius 3 is 3.00 bits per heavy atom. The van der Waals surface area contributed by atoms with Crippen LogP contribution < -0.4 is 0 Å². The number of fused-ring (bicyclic) bond motifs is 1. The molecule has 0 saturated carbocycles. The average Bonchev–Trinajstić information content (AvgIpc) is 2.69. The van der Waals surface area contributed by atoms with Gasteiger partial charge in [0.1, 0.15) is 5.75 Å². The Hall–Kier alpha value is -1.51. The van der Waals surface area contributed by atoms with Gasteiger partial charge in [0.25, 0.3) is 0 Å². The number of hydrogen-bond donors (Lipinski definition) is 1. The summed E-state index contributed by atoms with van der Waals surface area (Å²) < 4.78 is 4.77. The number of methoxy groups -OCH3 is 1. The number of carbonyl (C=O) groups is 1. The third-order valence-electron chi connectivity index (χ3n) is 3.43. The zero-order valence-corrected chi connectivity index (χ0v) is 9.56. The van der Waals surface area contributed by atoms with Crippen LogP contribution in [0.15, 0.2) is 18.2 Å². The van der Waals surface area contributed by atoms with Crippen LogP contribution in [-0.4, -0.2) is 18.2 Å². The molecule has 1 aliphatic carbocycles. The van der Waals surface area contributed by atoms with Crippen LogP contribution in [0, 0.1) is 5.92 Å². The molecular weight excluding hydrogens is 204 g/mol. The summed E-state index contributed by atoms with van der Waals surface area (Å²) in [6.07, 6.45) is 1.93. The fourth-order valence-corrected chi connectivity index (χ4v) is 2.49. The molecule has 0 aromatic heterocycles. The number of ether oxygens (including phenoxy) is 1. The van der Waals surface area contributed by atoms with Gasteiger partial charge < -0.3 is 9.84 Å². The highest BCUT2D eigenvalue weighted by Crippen LogP contribution is 2.40. The number of rotatable bonds is 2. The van der Waals surface area contributed by atoms with Crippen LogP contribution in [0.5, 0.6) is 5.75 Å². The third kappa shape index (κ3) is 1.77. The topological polar surface area (TPSA) is 46.5 Å². The minimum absolute atomic E-state index is 0.145. The van der Waals surface area contributed by atoms with E-state index >= 15 is 0 Å². The lowest BCUT2D eigenvalue weighted by Gasteiger charge is -2.18. The number of aryl methyl sites for hydroxylation is 1. The van der Waals surface area contributed by atoms with Crippen LogP contribution in [-0.2, 0) is 16.0 Å². The second-order valence-electron chi connectivity index (χ2n) is 4.34. The molecule has 0 saturated heterocycles. The van der Waals surface area contributed by atoms with E-state index in [0.29, 0.717) is 0 Å². The highest BCUT2D eigenvalue weighted by atomic mass is 16.5. The van der Waals surface area contributed by atoms with Gasteiger partial charge in [0, 0.05) is 0 Å². The van der Waals surface area contributed by atoms with Gasteiger partial charge in [-0.25, -0.2) is 0 Å². The van der Waals surface area contributed by atoms with Crippen molar-refractivity contribution in [3.8, 4) is 5.75 Å². The standard InChI is InChI=1S/C13H16O3/c1-8(13(15)16-2)11-6-4-9-3-5-10(14)7-12(9)11/h3,5,7-8,11,14H,4,6H2,1-2H3/t8-,11?/m1/s1. The lowest BCUT2D eigenvalue weighted by Crippen LogP contribution is -2.19. The summed E-state index contributed by atoms with van der Waals surface area (Å²) in [5, 5.41) is 9.48. The Labute approximate surface area is 95.0 Å². The number of phenolic OH excluding ortho intramolecular Hbond substituents is 1. The first-order chi connectivity index (χ1) is 7.63. The molecule has 0 spiro atoms. The predicted molar refractivity (Wildman–Crippen MR) is 60.3 cm³/mol. The minimum atomic E-state index is -0.179. The van der Waals surface area contributed by atoms with Crippen molar-refractivity contribution in [3.05, 3.63) is 29.3 Å². The van der Waals surface area contributed by atoms with Crippen LogP contribution in [0.3, 0.4) is 0 Å². The maximum atomic E-state index is 11.5. The summed E-state index contributed by atoms with van der Waals surface area (Å²) in [5.41, 5.74) is 2.33. The third-order valence-corrected chi connectivity index (χ3v) is 3.43. The molecule has 86 valence electrons. The van der Waals surface area contributed by atoms with E-state index in [4.69, 9.17) is 4.74 Å². The number of hydrogen-bond acceptors (Lipinski definition) is 3. The Morgan fingerprint density at radius 2 is 2.31 bits per heavy atom. The van der Waals surface area contributed by atoms with Gasteiger partial charge in [-0.2, -0.15) is 0 Å². The average molecular weight is 220 g/mol. The smallest absolute Gasteiger partial charge is 0.308 e. The molecule has 1 aromatic carbocycles. The van der Waals surface area contributed by atoms with Gasteiger partial charge in [0.15, 0.2) is 0 Å². The van der Waals surface area contributed by atoms with Crippen molar-refractivity contribution in [2.45, 2.75) is 25.7 Å². The van der Waals surface area contributed by atoms with E-state index in [2.05, 4.69) is 0 Å². The van der Waals surface area contributed by atoms with Crippen LogP contribution in [0.4, 0.5) is 0 Å². The number of benzene rings is 1. The monoisotopic (exact) mass is 220 g/mol. The quantitative estimate of drug-likeness (QED) is 0.777. The Balaban J connectivity index is 2.29. The summed E-state index contributed by atoms with van der Waals surface area (Å²) >= 11 is 0. The number of esters is 1. The van der Waals surface area contributed by atoms with Crippen LogP contribution in [0.2, 0.25) is 0 Å². The molecule has 3 nitrogen and oxygen atoms in total. The highest BCUT2D eigenvalue weighted by Gasteiger charge is 2.31. The van der Waals surface area contributed by atoms with Crippen molar-refractivity contribution < 1.29 is 14.6 Å². The van der Waals surface area contributed by atoms with E-state index in [-0.39, 0.29) is 23.6 Å². The molecule has 16 heavy (non-hydrogen) atoms. The molecule has 0 bridgehead atoms. The van der Waals surface area contributed by atoms with Gasteiger partial charge in [-0.15, -0.1) is 0 Å². The molecule has 3 heteroatoms. The Bertz CT molecular complexity index is 412. The summed E-state index contributed by atoms with van der Waals surface area (Å²) in [6, 6.07) is 5.41. The summed E-state index contributed by atoms with van der Waals surface area (Å²) in [6.45, 7) is 1.88. The molecular formula is C13H16O3. The minimum Gasteiger partial charge on any atom is -0.508 e. The molecule has 1 aromatic rings. The van der Waals surface area contributed by atoms with Gasteiger partial charge in [-0.1, -0.05) is 13.0 Å². The lowest BCUT2D eigenvalue weighted by atomic mass is 9.88. The summed E-state index contributed by atoms with van der Waals surface area (Å²) in [4.78, 5) is 11.5. The second kappa shape index (κ2) is 4.16. The fraction of sp³-hybridized carbons (Fsp3) is 0.462. The molecule has 0 amide bonds. The number of carbonyl (C=O) groups excluding carboxylic acids is 1. The molecule has 0 heterocycles. The van der Waals surface area contributed by atoms with E-state index < -0.39 is 0 Å². The Morgan fingerprint density at radius 1 is 1.56 bits per heavy atom. The molecule has 2 rings (SSSR count). The van der Waals surface area contributed by atoms with Crippen molar-refractivity contribution in [1.29, 1.82) is 0 Å². The molecule has 2 atom stereocenters. The maximum absolute atomic E-state index is 11.5. The zero-order valence-electron chi connectivity index (χ0n) is 9.56. The van der Waals surface area contributed by atoms with Gasteiger partial charge in [0.2, 0.25) is 0 Å². The fourth-order valence-electron chi connectivity index (χ4n) is 2.49. The van der Waals surface area contributed by atoms with Gasteiger partial charge in [-0.3, -0.25) is 4.79 Å². The molecule has 0 radical (unpaired) electrons. The van der Waals surface area contributed by atoms with Crippen LogP contribution in [0.25, 0.3) is 0 Å². The van der Waals surface area contributed by atoms with E-state index in [9.17, 15) is 9.90 Å². The van der Waals surface area contributed by atoms with Gasteiger partial charge >= 0.3 is 5.97 Å². The van der Waals surface area contributed by atoms with E-state index in [1.807, 2.05) is 13.0 Å². The van der Waals surface area contributed by atoms with E-state index in [1.54, 1.807) is 12.1 Å². The predicted octanol–water partition coefficient (Wildman–Crippen LogP) is 2.23. The second-order valence-corrected chi connectivity index (χ2v) is 4.34. The van der Waals surface area contributed by atoms with Crippen LogP contribution in [0.1, 0.15) is 30.4 Å². The molecule has 1 N–H and O–H groups in total. The molecule has 0 aliphatic heterocycles. The first kappa shape index (κ1) is 11.0. The largest absolute Gasteiger partial charge is 0.508 e. The van der Waals surface area contributed by atoms with Crippen LogP contribution >= 0.6 is 0 Å². The first-order valence-corrected chi connectivity index (χ1v) is 5.53. The van der Waals surface area contributed by atoms with E-state index in [0.717, 1.165) is 18.4 Å². The van der Waals surface area contributed by atoms with Gasteiger partial charge in [-0.05, 0) is 42.0 Å². The van der Waals surface area contributed by atoms with Gasteiger partial charge in [0.05, 0.1) is 13.0 Å². The molecule has 1 unspecified atom stereocenters. The zero-order chi connectivity index (χ0) is 11.7. The first-order valence-electron chi connectivity index (χ1n) is 5.53. The molecule has 1 aliphatic rings. The maximum Gasteiger partial charge on any atom is 0.308 e. The highest BCUT2D eigenvalue weighted by molar-refractivity contribution is 5.73. The van der Waals surface area contributed by atoms with Crippen molar-refractivity contribution in [2.24, 2.45) is 5.92 Å². The summed E-state index contributed by atoms with van der Waals surface area (Å²) in [7, 11) is 1.41. The van der Waals surface area contributed by atoms with Crippen molar-refractivity contribution in [3.63, 3.8) is 0 Å². The normalized spacial score (nSPS) is 20.2.